The summed E-state index contributed by atoms with van der Waals surface area (Å²) in [6, 6.07) is 72.7. The molecule has 2 heteroatoms. The van der Waals surface area contributed by atoms with Crippen LogP contribution in [0.2, 0.25) is 0 Å². The van der Waals surface area contributed by atoms with E-state index in [4.69, 9.17) is 4.42 Å². The summed E-state index contributed by atoms with van der Waals surface area (Å²) < 4.78 is 6.35. The fourth-order valence-corrected chi connectivity index (χ4v) is 9.06. The summed E-state index contributed by atoms with van der Waals surface area (Å²) in [7, 11) is 0. The summed E-state index contributed by atoms with van der Waals surface area (Å²) in [5.74, 6) is 0. The smallest absolute Gasteiger partial charge is 0.143 e. The molecule has 0 atom stereocenters. The highest BCUT2D eigenvalue weighted by molar-refractivity contribution is 6.09. The first-order valence-corrected chi connectivity index (χ1v) is 19.7. The van der Waals surface area contributed by atoms with E-state index in [2.05, 4.69) is 207 Å². The van der Waals surface area contributed by atoms with Gasteiger partial charge < -0.3 is 9.32 Å². The van der Waals surface area contributed by atoms with Crippen molar-refractivity contribution in [1.82, 2.24) is 0 Å². The van der Waals surface area contributed by atoms with Crippen LogP contribution in [-0.2, 0) is 5.41 Å². The molecule has 2 nitrogen and oxygen atoms in total. The highest BCUT2D eigenvalue weighted by atomic mass is 16.3. The Morgan fingerprint density at radius 2 is 0.930 bits per heavy atom. The number of para-hydroxylation sites is 2. The van der Waals surface area contributed by atoms with Gasteiger partial charge in [-0.3, -0.25) is 0 Å². The van der Waals surface area contributed by atoms with Crippen LogP contribution in [0.4, 0.5) is 17.1 Å². The van der Waals surface area contributed by atoms with E-state index < -0.39 is 0 Å². The molecule has 0 bridgehead atoms. The van der Waals surface area contributed by atoms with E-state index in [1.54, 1.807) is 0 Å². The zero-order valence-corrected chi connectivity index (χ0v) is 31.9. The van der Waals surface area contributed by atoms with Crippen LogP contribution in [0.25, 0.3) is 77.2 Å². The Bertz CT molecular complexity index is 3130. The predicted molar refractivity (Wildman–Crippen MR) is 240 cm³/mol. The molecule has 0 saturated carbocycles. The lowest BCUT2D eigenvalue weighted by Gasteiger charge is -2.28. The molecule has 0 fully saturated rings. The van der Waals surface area contributed by atoms with Gasteiger partial charge in [0.25, 0.3) is 0 Å². The molecule has 0 N–H and O–H groups in total. The van der Waals surface area contributed by atoms with E-state index in [1.165, 1.54) is 55.3 Å². The second-order valence-corrected chi connectivity index (χ2v) is 15.8. The lowest BCUT2D eigenvalue weighted by atomic mass is 9.81. The summed E-state index contributed by atoms with van der Waals surface area (Å²) in [6.07, 6.45) is 0. The van der Waals surface area contributed by atoms with Gasteiger partial charge in [-0.1, -0.05) is 166 Å². The van der Waals surface area contributed by atoms with Crippen molar-refractivity contribution in [2.75, 3.05) is 4.90 Å². The minimum Gasteiger partial charge on any atom is -0.455 e. The van der Waals surface area contributed by atoms with E-state index in [9.17, 15) is 0 Å². The topological polar surface area (TPSA) is 16.4 Å². The molecule has 1 aliphatic rings. The molecule has 9 aromatic carbocycles. The number of hydrogen-bond donors (Lipinski definition) is 0. The third-order valence-electron chi connectivity index (χ3n) is 12.1. The number of benzene rings is 9. The monoisotopic (exact) mass is 729 g/mol. The van der Waals surface area contributed by atoms with Gasteiger partial charge in [-0.05, 0) is 109 Å². The average molecular weight is 730 g/mol. The van der Waals surface area contributed by atoms with E-state index in [-0.39, 0.29) is 5.41 Å². The fourth-order valence-electron chi connectivity index (χ4n) is 9.06. The number of nitrogens with zero attached hydrogens (tertiary/aromatic N) is 1. The molecule has 10 aromatic rings. The molecule has 0 saturated heterocycles. The SMILES string of the molecule is CC1(C)c2cc(-c3ccccc3)ccc2-c2ccc(N(c3ccc(-c4ccc(-c5cccc6c5oc5ccccc56)cc4)cc3)c3ccc4ccccc4c3)cc21. The molecule has 1 aliphatic carbocycles. The van der Waals surface area contributed by atoms with Crippen molar-refractivity contribution in [3.8, 4) is 44.5 Å². The maximum Gasteiger partial charge on any atom is 0.143 e. The Kier molecular flexibility index (Phi) is 7.55. The standard InChI is InChI=1S/C55H39NO/c1-55(2)51-34-42(36-11-4-3-5-12-36)26-31-47(51)48-32-30-45(35-52(48)55)56(44-29-25-37-13-6-7-14-41(37)33-44)43-27-23-39(24-28-43)38-19-21-40(22-20-38)46-16-10-17-50-49-15-8-9-18-53(49)57-54(46)50/h3-35H,1-2H3. The quantitative estimate of drug-likeness (QED) is 0.169. The van der Waals surface area contributed by atoms with Gasteiger partial charge >= 0.3 is 0 Å². The molecule has 0 radical (unpaired) electrons. The van der Waals surface area contributed by atoms with Gasteiger partial charge in [0, 0.05) is 38.8 Å². The zero-order valence-electron chi connectivity index (χ0n) is 31.9. The van der Waals surface area contributed by atoms with Crippen molar-refractivity contribution in [1.29, 1.82) is 0 Å². The van der Waals surface area contributed by atoms with Crippen LogP contribution in [0.5, 0.6) is 0 Å². The first-order valence-electron chi connectivity index (χ1n) is 19.7. The van der Waals surface area contributed by atoms with Crippen LogP contribution in [0, 0.1) is 0 Å². The average Bonchev–Trinajstić information content (AvgIpc) is 3.76. The highest BCUT2D eigenvalue weighted by Gasteiger charge is 2.36. The molecular formula is C55H39NO. The molecule has 0 unspecified atom stereocenters. The summed E-state index contributed by atoms with van der Waals surface area (Å²) in [4.78, 5) is 2.40. The molecule has 57 heavy (non-hydrogen) atoms. The molecule has 1 heterocycles. The van der Waals surface area contributed by atoms with E-state index in [0.717, 1.165) is 50.1 Å². The van der Waals surface area contributed by atoms with Gasteiger partial charge in [0.15, 0.2) is 0 Å². The van der Waals surface area contributed by atoms with Gasteiger partial charge in [0.05, 0.1) is 0 Å². The molecule has 270 valence electrons. The van der Waals surface area contributed by atoms with Gasteiger partial charge in [-0.15, -0.1) is 0 Å². The van der Waals surface area contributed by atoms with E-state index in [1.807, 2.05) is 12.1 Å². The van der Waals surface area contributed by atoms with Crippen molar-refractivity contribution in [3.05, 3.63) is 211 Å². The number of anilines is 3. The largest absolute Gasteiger partial charge is 0.455 e. The highest BCUT2D eigenvalue weighted by Crippen LogP contribution is 2.52. The minimum absolute atomic E-state index is 0.160. The number of rotatable bonds is 6. The Hall–Kier alpha value is -7.16. The van der Waals surface area contributed by atoms with Crippen molar-refractivity contribution in [2.24, 2.45) is 0 Å². The number of fused-ring (bicyclic) bond motifs is 7. The van der Waals surface area contributed by atoms with Crippen molar-refractivity contribution in [3.63, 3.8) is 0 Å². The van der Waals surface area contributed by atoms with Crippen LogP contribution in [-0.4, -0.2) is 0 Å². The van der Waals surface area contributed by atoms with Crippen molar-refractivity contribution < 1.29 is 4.42 Å². The molecule has 11 rings (SSSR count). The predicted octanol–water partition coefficient (Wildman–Crippen LogP) is 15.5. The fraction of sp³-hybridized carbons (Fsp3) is 0.0545. The maximum atomic E-state index is 6.35. The Balaban J connectivity index is 0.961. The summed E-state index contributed by atoms with van der Waals surface area (Å²) >= 11 is 0. The maximum absolute atomic E-state index is 6.35. The Morgan fingerprint density at radius 1 is 0.368 bits per heavy atom. The van der Waals surface area contributed by atoms with Crippen molar-refractivity contribution in [2.45, 2.75) is 19.3 Å². The van der Waals surface area contributed by atoms with Crippen LogP contribution in [0.15, 0.2) is 205 Å². The van der Waals surface area contributed by atoms with Gasteiger partial charge in [0.2, 0.25) is 0 Å². The second-order valence-electron chi connectivity index (χ2n) is 15.8. The third kappa shape index (κ3) is 5.48. The molecule has 1 aromatic heterocycles. The first kappa shape index (κ1) is 33.2. The first-order chi connectivity index (χ1) is 28.0. The summed E-state index contributed by atoms with van der Waals surface area (Å²) in [5, 5.41) is 4.75. The molecule has 0 amide bonds. The normalized spacial score (nSPS) is 12.9. The lowest BCUT2D eigenvalue weighted by molar-refractivity contribution is 0.660. The van der Waals surface area contributed by atoms with Crippen LogP contribution >= 0.6 is 0 Å². The second kappa shape index (κ2) is 13.0. The number of furan rings is 1. The number of hydrogen-bond acceptors (Lipinski definition) is 2. The van der Waals surface area contributed by atoms with Gasteiger partial charge in [-0.2, -0.15) is 0 Å². The van der Waals surface area contributed by atoms with Gasteiger partial charge in [0.1, 0.15) is 11.2 Å². The minimum atomic E-state index is -0.160. The Morgan fingerprint density at radius 3 is 1.74 bits per heavy atom. The van der Waals surface area contributed by atoms with E-state index >= 15 is 0 Å². The third-order valence-corrected chi connectivity index (χ3v) is 12.1. The molecular weight excluding hydrogens is 691 g/mol. The van der Waals surface area contributed by atoms with Crippen LogP contribution in [0.3, 0.4) is 0 Å². The van der Waals surface area contributed by atoms with Gasteiger partial charge in [-0.25, -0.2) is 0 Å². The molecule has 0 spiro atoms. The van der Waals surface area contributed by atoms with Crippen LogP contribution < -0.4 is 4.90 Å². The van der Waals surface area contributed by atoms with E-state index in [0.29, 0.717) is 0 Å². The van der Waals surface area contributed by atoms with Crippen molar-refractivity contribution >= 4 is 49.8 Å². The Labute approximate surface area is 332 Å². The molecule has 0 aliphatic heterocycles. The summed E-state index contributed by atoms with van der Waals surface area (Å²) in [6.45, 7) is 4.74. The summed E-state index contributed by atoms with van der Waals surface area (Å²) in [5.41, 5.74) is 17.5. The van der Waals surface area contributed by atoms with Crippen LogP contribution in [0.1, 0.15) is 25.0 Å². The zero-order chi connectivity index (χ0) is 38.1. The lowest BCUT2D eigenvalue weighted by Crippen LogP contribution is -2.16.